The zero-order valence-electron chi connectivity index (χ0n) is 8.98. The van der Waals surface area contributed by atoms with E-state index in [1.54, 1.807) is 11.9 Å². The molecule has 1 fully saturated rings. The third kappa shape index (κ3) is 2.46. The molecule has 15 heavy (non-hydrogen) atoms. The van der Waals surface area contributed by atoms with Crippen molar-refractivity contribution >= 4 is 11.8 Å². The lowest BCUT2D eigenvalue weighted by Gasteiger charge is -2.14. The molecule has 0 spiro atoms. The van der Waals surface area contributed by atoms with Crippen molar-refractivity contribution in [1.29, 1.82) is 0 Å². The molecule has 0 aromatic rings. The SMILES string of the molecule is C=CN(C)C(=O)CC1CCN(C=C)C1=O. The normalized spacial score (nSPS) is 20.2. The molecule has 0 radical (unpaired) electrons. The summed E-state index contributed by atoms with van der Waals surface area (Å²) in [6, 6.07) is 0. The second-order valence-electron chi connectivity index (χ2n) is 3.59. The van der Waals surface area contributed by atoms with E-state index in [1.807, 2.05) is 0 Å². The number of likely N-dealkylation sites (tertiary alicyclic amines) is 1. The van der Waals surface area contributed by atoms with Gasteiger partial charge < -0.3 is 9.80 Å². The Kier molecular flexibility index (Phi) is 3.66. The number of hydrogen-bond donors (Lipinski definition) is 0. The van der Waals surface area contributed by atoms with Gasteiger partial charge in [0.05, 0.1) is 0 Å². The van der Waals surface area contributed by atoms with Crippen molar-refractivity contribution < 1.29 is 9.59 Å². The molecule has 0 aromatic carbocycles. The van der Waals surface area contributed by atoms with Gasteiger partial charge in [0.1, 0.15) is 0 Å². The van der Waals surface area contributed by atoms with Crippen molar-refractivity contribution in [2.45, 2.75) is 12.8 Å². The number of carbonyl (C=O) groups is 2. The zero-order chi connectivity index (χ0) is 11.4. The highest BCUT2D eigenvalue weighted by atomic mass is 16.2. The Morgan fingerprint density at radius 2 is 2.33 bits per heavy atom. The number of rotatable bonds is 4. The van der Waals surface area contributed by atoms with Gasteiger partial charge in [0.25, 0.3) is 0 Å². The van der Waals surface area contributed by atoms with E-state index in [4.69, 9.17) is 0 Å². The summed E-state index contributed by atoms with van der Waals surface area (Å²) < 4.78 is 0. The number of hydrogen-bond acceptors (Lipinski definition) is 2. The van der Waals surface area contributed by atoms with E-state index in [0.29, 0.717) is 6.54 Å². The van der Waals surface area contributed by atoms with Crippen molar-refractivity contribution in [3.8, 4) is 0 Å². The molecule has 1 aliphatic heterocycles. The summed E-state index contributed by atoms with van der Waals surface area (Å²) in [6.07, 6.45) is 3.95. The summed E-state index contributed by atoms with van der Waals surface area (Å²) in [4.78, 5) is 26.1. The first-order chi connectivity index (χ1) is 7.10. The van der Waals surface area contributed by atoms with Crippen molar-refractivity contribution in [2.75, 3.05) is 13.6 Å². The molecule has 0 bridgehead atoms. The van der Waals surface area contributed by atoms with Crippen LogP contribution < -0.4 is 0 Å². The first-order valence-electron chi connectivity index (χ1n) is 4.91. The van der Waals surface area contributed by atoms with Crippen LogP contribution in [-0.4, -0.2) is 35.2 Å². The standard InChI is InChI=1S/C11H16N2O2/c1-4-12(3)10(14)8-9-6-7-13(5-2)11(9)15/h4-5,9H,1-2,6-8H2,3H3. The van der Waals surface area contributed by atoms with Crippen LogP contribution in [0.25, 0.3) is 0 Å². The third-order valence-corrected chi connectivity index (χ3v) is 2.66. The summed E-state index contributed by atoms with van der Waals surface area (Å²) in [6.45, 7) is 7.72. The summed E-state index contributed by atoms with van der Waals surface area (Å²) >= 11 is 0. The lowest BCUT2D eigenvalue weighted by Crippen LogP contribution is -2.27. The first-order valence-corrected chi connectivity index (χ1v) is 4.91. The van der Waals surface area contributed by atoms with Crippen LogP contribution in [0, 0.1) is 5.92 Å². The van der Waals surface area contributed by atoms with Gasteiger partial charge in [-0.1, -0.05) is 13.2 Å². The second kappa shape index (κ2) is 4.77. The Labute approximate surface area is 89.8 Å². The van der Waals surface area contributed by atoms with Crippen molar-refractivity contribution in [1.82, 2.24) is 9.80 Å². The minimum Gasteiger partial charge on any atom is -0.323 e. The minimum atomic E-state index is -0.196. The lowest BCUT2D eigenvalue weighted by atomic mass is 10.0. The van der Waals surface area contributed by atoms with Gasteiger partial charge in [-0.05, 0) is 18.8 Å². The highest BCUT2D eigenvalue weighted by molar-refractivity contribution is 5.87. The van der Waals surface area contributed by atoms with E-state index in [-0.39, 0.29) is 24.2 Å². The fraction of sp³-hybridized carbons (Fsp3) is 0.455. The Bertz CT molecular complexity index is 299. The Hall–Kier alpha value is -1.58. The molecule has 1 saturated heterocycles. The Morgan fingerprint density at radius 3 is 2.80 bits per heavy atom. The topological polar surface area (TPSA) is 40.6 Å². The molecule has 2 amide bonds. The first kappa shape index (κ1) is 11.5. The average molecular weight is 208 g/mol. The van der Waals surface area contributed by atoms with E-state index in [9.17, 15) is 9.59 Å². The second-order valence-corrected chi connectivity index (χ2v) is 3.59. The largest absolute Gasteiger partial charge is 0.323 e. The van der Waals surface area contributed by atoms with Gasteiger partial charge in [-0.2, -0.15) is 0 Å². The van der Waals surface area contributed by atoms with E-state index in [1.165, 1.54) is 17.3 Å². The Morgan fingerprint density at radius 1 is 1.67 bits per heavy atom. The molecule has 0 aromatic heterocycles. The number of carbonyl (C=O) groups excluding carboxylic acids is 2. The van der Waals surface area contributed by atoms with Crippen LogP contribution in [0.2, 0.25) is 0 Å². The van der Waals surface area contributed by atoms with Crippen LogP contribution in [0.3, 0.4) is 0 Å². The lowest BCUT2D eigenvalue weighted by molar-refractivity contribution is -0.135. The maximum absolute atomic E-state index is 11.6. The molecule has 82 valence electrons. The molecular weight excluding hydrogens is 192 g/mol. The van der Waals surface area contributed by atoms with Crippen molar-refractivity contribution in [3.63, 3.8) is 0 Å². The van der Waals surface area contributed by atoms with Crippen molar-refractivity contribution in [3.05, 3.63) is 25.6 Å². The van der Waals surface area contributed by atoms with Gasteiger partial charge in [-0.15, -0.1) is 0 Å². The summed E-state index contributed by atoms with van der Waals surface area (Å²) in [5.41, 5.74) is 0. The highest BCUT2D eigenvalue weighted by Gasteiger charge is 2.32. The predicted molar refractivity (Wildman–Crippen MR) is 57.6 cm³/mol. The molecule has 4 heteroatoms. The maximum Gasteiger partial charge on any atom is 0.230 e. The van der Waals surface area contributed by atoms with Crippen LogP contribution >= 0.6 is 0 Å². The third-order valence-electron chi connectivity index (χ3n) is 2.66. The smallest absolute Gasteiger partial charge is 0.230 e. The average Bonchev–Trinajstić information content (AvgIpc) is 2.58. The molecule has 0 aliphatic carbocycles. The predicted octanol–water partition coefficient (Wildman–Crippen LogP) is 0.970. The van der Waals surface area contributed by atoms with Gasteiger partial charge >= 0.3 is 0 Å². The molecule has 0 N–H and O–H groups in total. The van der Waals surface area contributed by atoms with E-state index < -0.39 is 0 Å². The molecule has 4 nitrogen and oxygen atoms in total. The number of amides is 2. The maximum atomic E-state index is 11.6. The van der Waals surface area contributed by atoms with Crippen LogP contribution in [0.5, 0.6) is 0 Å². The summed E-state index contributed by atoms with van der Waals surface area (Å²) in [7, 11) is 1.64. The monoisotopic (exact) mass is 208 g/mol. The van der Waals surface area contributed by atoms with Gasteiger partial charge in [-0.3, -0.25) is 9.59 Å². The van der Waals surface area contributed by atoms with Gasteiger partial charge in [0.15, 0.2) is 0 Å². The molecule has 1 unspecified atom stereocenters. The van der Waals surface area contributed by atoms with E-state index in [2.05, 4.69) is 13.2 Å². The van der Waals surface area contributed by atoms with Gasteiger partial charge in [0, 0.05) is 25.9 Å². The van der Waals surface area contributed by atoms with Gasteiger partial charge in [-0.25, -0.2) is 0 Å². The van der Waals surface area contributed by atoms with Gasteiger partial charge in [0.2, 0.25) is 11.8 Å². The molecule has 0 saturated carbocycles. The van der Waals surface area contributed by atoms with Crippen LogP contribution in [0.1, 0.15) is 12.8 Å². The molecule has 1 atom stereocenters. The number of nitrogens with zero attached hydrogens (tertiary/aromatic N) is 2. The van der Waals surface area contributed by atoms with E-state index >= 15 is 0 Å². The van der Waals surface area contributed by atoms with Crippen LogP contribution in [0.15, 0.2) is 25.6 Å². The zero-order valence-corrected chi connectivity index (χ0v) is 8.98. The Balaban J connectivity index is 2.54. The van der Waals surface area contributed by atoms with Crippen LogP contribution in [-0.2, 0) is 9.59 Å². The fourth-order valence-electron chi connectivity index (χ4n) is 1.59. The summed E-state index contributed by atoms with van der Waals surface area (Å²) in [5.74, 6) is -0.275. The fourth-order valence-corrected chi connectivity index (χ4v) is 1.59. The molecular formula is C11H16N2O2. The molecule has 1 heterocycles. The molecule has 1 rings (SSSR count). The van der Waals surface area contributed by atoms with Crippen molar-refractivity contribution in [2.24, 2.45) is 5.92 Å². The van der Waals surface area contributed by atoms with Crippen LogP contribution in [0.4, 0.5) is 0 Å². The van der Waals surface area contributed by atoms with E-state index in [0.717, 1.165) is 6.42 Å². The summed E-state index contributed by atoms with van der Waals surface area (Å²) in [5, 5.41) is 0. The highest BCUT2D eigenvalue weighted by Crippen LogP contribution is 2.21. The molecule has 1 aliphatic rings. The minimum absolute atomic E-state index is 0.00388. The quantitative estimate of drug-likeness (QED) is 0.690.